The highest BCUT2D eigenvalue weighted by Crippen LogP contribution is 2.32. The van der Waals surface area contributed by atoms with Gasteiger partial charge in [0.25, 0.3) is 15.7 Å². The number of hydrogen-bond acceptors (Lipinski definition) is 4. The minimum absolute atomic E-state index is 0.104. The summed E-state index contributed by atoms with van der Waals surface area (Å²) in [6.07, 6.45) is 0. The van der Waals surface area contributed by atoms with Crippen molar-refractivity contribution in [2.24, 2.45) is 0 Å². The average Bonchev–Trinajstić information content (AvgIpc) is 2.49. The Morgan fingerprint density at radius 1 is 1.22 bits per heavy atom. The van der Waals surface area contributed by atoms with Gasteiger partial charge in [0.15, 0.2) is 0 Å². The van der Waals surface area contributed by atoms with Gasteiger partial charge in [-0.1, -0.05) is 18.2 Å². The maximum Gasteiger partial charge on any atom is 0.273 e. The molecule has 2 aromatic carbocycles. The molecule has 0 aliphatic heterocycles. The fourth-order valence-corrected chi connectivity index (χ4v) is 4.33. The first kappa shape index (κ1) is 17.4. The van der Waals surface area contributed by atoms with Gasteiger partial charge in [0.1, 0.15) is 0 Å². The molecular weight excluding hydrogens is 384 g/mol. The third-order valence-corrected chi connectivity index (χ3v) is 5.93. The molecule has 2 rings (SSSR count). The van der Waals surface area contributed by atoms with Crippen molar-refractivity contribution < 1.29 is 13.3 Å². The zero-order valence-corrected chi connectivity index (χ0v) is 15.0. The number of sulfonamides is 1. The van der Waals surface area contributed by atoms with Crippen LogP contribution in [0.15, 0.2) is 51.8 Å². The Morgan fingerprint density at radius 2 is 1.87 bits per heavy atom. The lowest BCUT2D eigenvalue weighted by Crippen LogP contribution is -2.31. The summed E-state index contributed by atoms with van der Waals surface area (Å²) in [5.74, 6) is 0. The van der Waals surface area contributed by atoms with Crippen LogP contribution in [-0.4, -0.2) is 19.9 Å². The summed E-state index contributed by atoms with van der Waals surface area (Å²) in [6.45, 7) is 3.48. The van der Waals surface area contributed by atoms with E-state index in [0.717, 1.165) is 6.07 Å². The number of aryl methyl sites for hydroxylation is 1. The number of nitro benzene ring substituents is 1. The zero-order valence-electron chi connectivity index (χ0n) is 12.6. The summed E-state index contributed by atoms with van der Waals surface area (Å²) in [7, 11) is -3.90. The second kappa shape index (κ2) is 6.67. The molecule has 0 N–H and O–H groups in total. The number of hydrogen-bond donors (Lipinski definition) is 0. The molecule has 6 nitrogen and oxygen atoms in total. The number of benzene rings is 2. The molecule has 0 saturated carbocycles. The molecule has 0 unspecified atom stereocenters. The predicted octanol–water partition coefficient (Wildman–Crippen LogP) is 3.88. The molecule has 122 valence electrons. The molecule has 0 aromatic heterocycles. The maximum absolute atomic E-state index is 12.9. The molecule has 0 heterocycles. The number of anilines is 1. The molecule has 8 heteroatoms. The second-order valence-electron chi connectivity index (χ2n) is 4.83. The Bertz CT molecular complexity index is 852. The van der Waals surface area contributed by atoms with E-state index in [0.29, 0.717) is 15.7 Å². The van der Waals surface area contributed by atoms with Crippen molar-refractivity contribution in [3.05, 3.63) is 62.6 Å². The van der Waals surface area contributed by atoms with Crippen LogP contribution in [0.25, 0.3) is 0 Å². The van der Waals surface area contributed by atoms with Gasteiger partial charge in [-0.05, 0) is 48.0 Å². The minimum Gasteiger partial charge on any atom is -0.265 e. The van der Waals surface area contributed by atoms with Gasteiger partial charge in [0, 0.05) is 22.6 Å². The highest BCUT2D eigenvalue weighted by molar-refractivity contribution is 9.10. The van der Waals surface area contributed by atoms with Gasteiger partial charge in [0.05, 0.1) is 15.5 Å². The minimum atomic E-state index is -3.90. The van der Waals surface area contributed by atoms with Crippen LogP contribution in [0.3, 0.4) is 0 Å². The van der Waals surface area contributed by atoms with E-state index in [2.05, 4.69) is 15.9 Å². The fourth-order valence-electron chi connectivity index (χ4n) is 2.20. The average molecular weight is 399 g/mol. The van der Waals surface area contributed by atoms with E-state index in [1.54, 1.807) is 38.1 Å². The van der Waals surface area contributed by atoms with Crippen LogP contribution in [0.2, 0.25) is 0 Å². The fraction of sp³-hybridized carbons (Fsp3) is 0.200. The summed E-state index contributed by atoms with van der Waals surface area (Å²) < 4.78 is 27.6. The van der Waals surface area contributed by atoms with Gasteiger partial charge in [-0.15, -0.1) is 0 Å². The van der Waals surface area contributed by atoms with Gasteiger partial charge in [0.2, 0.25) is 0 Å². The molecule has 0 spiro atoms. The highest BCUT2D eigenvalue weighted by atomic mass is 79.9. The first-order valence-corrected chi connectivity index (χ1v) is 9.04. The molecule has 0 fully saturated rings. The van der Waals surface area contributed by atoms with Crippen molar-refractivity contribution in [2.45, 2.75) is 18.7 Å². The van der Waals surface area contributed by atoms with Crippen molar-refractivity contribution in [3.8, 4) is 0 Å². The monoisotopic (exact) mass is 398 g/mol. The van der Waals surface area contributed by atoms with E-state index in [4.69, 9.17) is 0 Å². The summed E-state index contributed by atoms with van der Waals surface area (Å²) in [5, 5.41) is 11.1. The lowest BCUT2D eigenvalue weighted by Gasteiger charge is -2.24. The van der Waals surface area contributed by atoms with Gasteiger partial charge in [-0.3, -0.25) is 14.4 Å². The standard InChI is InChI=1S/C15H15BrN2O4S/c1-3-17(14-7-5-4-6-13(14)16)23(21,22)12-9-8-11(2)15(10-12)18(19)20/h4-10H,3H2,1-2H3. The van der Waals surface area contributed by atoms with Crippen molar-refractivity contribution in [2.75, 3.05) is 10.8 Å². The summed E-state index contributed by atoms with van der Waals surface area (Å²) in [6, 6.07) is 10.9. The van der Waals surface area contributed by atoms with Crippen LogP contribution in [-0.2, 0) is 10.0 Å². The smallest absolute Gasteiger partial charge is 0.265 e. The number of nitro groups is 1. The van der Waals surface area contributed by atoms with Crippen LogP contribution >= 0.6 is 15.9 Å². The van der Waals surface area contributed by atoms with E-state index >= 15 is 0 Å². The Morgan fingerprint density at radius 3 is 2.43 bits per heavy atom. The van der Waals surface area contributed by atoms with Crippen LogP contribution in [0.4, 0.5) is 11.4 Å². The Labute approximate surface area is 143 Å². The summed E-state index contributed by atoms with van der Waals surface area (Å²) in [5.41, 5.74) is 0.686. The molecule has 0 radical (unpaired) electrons. The van der Waals surface area contributed by atoms with E-state index < -0.39 is 14.9 Å². The molecule has 0 amide bonds. The number of nitrogens with zero attached hydrogens (tertiary/aromatic N) is 2. The molecule has 0 aliphatic carbocycles. The van der Waals surface area contributed by atoms with Crippen molar-refractivity contribution in [1.82, 2.24) is 0 Å². The van der Waals surface area contributed by atoms with Gasteiger partial charge in [-0.2, -0.15) is 0 Å². The topological polar surface area (TPSA) is 80.5 Å². The SMILES string of the molecule is CCN(c1ccccc1Br)S(=O)(=O)c1ccc(C)c([N+](=O)[O-])c1. The van der Waals surface area contributed by atoms with E-state index in [1.807, 2.05) is 0 Å². The van der Waals surface area contributed by atoms with Crippen molar-refractivity contribution in [3.63, 3.8) is 0 Å². The second-order valence-corrected chi connectivity index (χ2v) is 7.54. The molecule has 23 heavy (non-hydrogen) atoms. The molecular formula is C15H15BrN2O4S. The van der Waals surface area contributed by atoms with Crippen LogP contribution in [0.1, 0.15) is 12.5 Å². The Hall–Kier alpha value is -1.93. The molecule has 0 saturated heterocycles. The van der Waals surface area contributed by atoms with Crippen molar-refractivity contribution in [1.29, 1.82) is 0 Å². The lowest BCUT2D eigenvalue weighted by atomic mass is 10.2. The Balaban J connectivity index is 2.59. The zero-order chi connectivity index (χ0) is 17.2. The molecule has 0 atom stereocenters. The number of rotatable bonds is 5. The van der Waals surface area contributed by atoms with E-state index in [9.17, 15) is 18.5 Å². The maximum atomic E-state index is 12.9. The third kappa shape index (κ3) is 3.37. The number of para-hydroxylation sites is 1. The predicted molar refractivity (Wildman–Crippen MR) is 92.2 cm³/mol. The van der Waals surface area contributed by atoms with Gasteiger partial charge >= 0.3 is 0 Å². The van der Waals surface area contributed by atoms with E-state index in [-0.39, 0.29) is 17.1 Å². The molecule has 0 aliphatic rings. The molecule has 2 aromatic rings. The van der Waals surface area contributed by atoms with Crippen LogP contribution < -0.4 is 4.31 Å². The third-order valence-electron chi connectivity index (χ3n) is 3.37. The largest absolute Gasteiger partial charge is 0.273 e. The van der Waals surface area contributed by atoms with Gasteiger partial charge < -0.3 is 0 Å². The lowest BCUT2D eigenvalue weighted by molar-refractivity contribution is -0.385. The first-order valence-electron chi connectivity index (χ1n) is 6.81. The molecule has 0 bridgehead atoms. The number of halogens is 1. The summed E-state index contributed by atoms with van der Waals surface area (Å²) in [4.78, 5) is 10.4. The van der Waals surface area contributed by atoms with Gasteiger partial charge in [-0.25, -0.2) is 8.42 Å². The summed E-state index contributed by atoms with van der Waals surface area (Å²) >= 11 is 3.34. The normalized spacial score (nSPS) is 11.3. The highest BCUT2D eigenvalue weighted by Gasteiger charge is 2.27. The van der Waals surface area contributed by atoms with Crippen LogP contribution in [0, 0.1) is 17.0 Å². The quantitative estimate of drug-likeness (QED) is 0.565. The first-order chi connectivity index (χ1) is 10.8. The Kier molecular flexibility index (Phi) is 5.06. The van der Waals surface area contributed by atoms with Crippen molar-refractivity contribution >= 4 is 37.3 Å². The van der Waals surface area contributed by atoms with Crippen LogP contribution in [0.5, 0.6) is 0 Å². The van der Waals surface area contributed by atoms with E-state index in [1.165, 1.54) is 16.4 Å².